The molecule has 7 nitrogen and oxygen atoms in total. The fourth-order valence-electron chi connectivity index (χ4n) is 3.36. The molecule has 138 valence electrons. The van der Waals surface area contributed by atoms with E-state index < -0.39 is 0 Å². The quantitative estimate of drug-likeness (QED) is 0.441. The lowest BCUT2D eigenvalue weighted by Gasteiger charge is -2.08. The summed E-state index contributed by atoms with van der Waals surface area (Å²) in [5.41, 5.74) is 5.04. The number of hydrogen-bond acceptors (Lipinski definition) is 6. The van der Waals surface area contributed by atoms with Crippen molar-refractivity contribution in [1.82, 2.24) is 29.4 Å². The van der Waals surface area contributed by atoms with Crippen LogP contribution in [0.5, 0.6) is 0 Å². The predicted molar refractivity (Wildman–Crippen MR) is 108 cm³/mol. The van der Waals surface area contributed by atoms with E-state index in [-0.39, 0.29) is 12.2 Å². The van der Waals surface area contributed by atoms with Crippen LogP contribution >= 0.6 is 11.3 Å². The summed E-state index contributed by atoms with van der Waals surface area (Å²) < 4.78 is 3.64. The monoisotopic (exact) mass is 388 g/mol. The van der Waals surface area contributed by atoms with Crippen LogP contribution in [0.4, 0.5) is 0 Å². The van der Waals surface area contributed by atoms with Gasteiger partial charge < -0.3 is 0 Å². The molecule has 8 heteroatoms. The third-order valence-corrected chi connectivity index (χ3v) is 5.72. The summed E-state index contributed by atoms with van der Waals surface area (Å²) in [6.45, 7) is 1.93. The van der Waals surface area contributed by atoms with Crippen molar-refractivity contribution >= 4 is 33.7 Å². The molecule has 4 heterocycles. The lowest BCUT2D eigenvalue weighted by atomic mass is 10.0. The first-order valence-electron chi connectivity index (χ1n) is 8.78. The maximum absolute atomic E-state index is 13.0. The van der Waals surface area contributed by atoms with Crippen LogP contribution in [0, 0.1) is 6.92 Å². The first-order valence-corrected chi connectivity index (χ1v) is 9.66. The van der Waals surface area contributed by atoms with Crippen LogP contribution in [0.2, 0.25) is 0 Å². The van der Waals surface area contributed by atoms with Crippen LogP contribution < -0.4 is 0 Å². The number of hydrogen-bond donors (Lipinski definition) is 0. The van der Waals surface area contributed by atoms with Crippen molar-refractivity contribution < 1.29 is 4.79 Å². The summed E-state index contributed by atoms with van der Waals surface area (Å²) in [6, 6.07) is 8.04. The molecule has 0 N–H and O–H groups in total. The van der Waals surface area contributed by atoms with Crippen molar-refractivity contribution in [1.29, 1.82) is 0 Å². The van der Waals surface area contributed by atoms with Crippen LogP contribution in [0.3, 0.4) is 0 Å². The van der Waals surface area contributed by atoms with Gasteiger partial charge in [0.25, 0.3) is 0 Å². The minimum atomic E-state index is -0.0170. The smallest absolute Gasteiger partial charge is 0.173 e. The van der Waals surface area contributed by atoms with Crippen LogP contribution in [0.1, 0.15) is 21.1 Å². The molecular weight excluding hydrogens is 372 g/mol. The lowest BCUT2D eigenvalue weighted by molar-refractivity contribution is 0.0994. The van der Waals surface area contributed by atoms with Gasteiger partial charge in [0.15, 0.2) is 11.4 Å². The molecule has 0 radical (unpaired) electrons. The van der Waals surface area contributed by atoms with E-state index in [1.54, 1.807) is 10.7 Å². The van der Waals surface area contributed by atoms with Crippen molar-refractivity contribution in [3.8, 4) is 11.1 Å². The topological polar surface area (TPSA) is 78.0 Å². The van der Waals surface area contributed by atoms with Gasteiger partial charge in [-0.3, -0.25) is 13.9 Å². The molecule has 5 rings (SSSR count). The highest BCUT2D eigenvalue weighted by Gasteiger charge is 2.17. The summed E-state index contributed by atoms with van der Waals surface area (Å²) in [4.78, 5) is 17.4. The lowest BCUT2D eigenvalue weighted by Crippen LogP contribution is -2.07. The number of ketones is 1. The highest BCUT2D eigenvalue weighted by atomic mass is 32.1. The van der Waals surface area contributed by atoms with Crippen molar-refractivity contribution in [2.24, 2.45) is 7.05 Å². The van der Waals surface area contributed by atoms with E-state index in [9.17, 15) is 4.79 Å². The molecule has 0 amide bonds. The minimum absolute atomic E-state index is 0.0170. The van der Waals surface area contributed by atoms with Gasteiger partial charge in [0, 0.05) is 29.7 Å². The summed E-state index contributed by atoms with van der Waals surface area (Å²) >= 11 is 1.50. The molecule has 0 atom stereocenters. The van der Waals surface area contributed by atoms with Crippen LogP contribution in [0.15, 0.2) is 48.4 Å². The summed E-state index contributed by atoms with van der Waals surface area (Å²) in [6.07, 6.45) is 5.65. The Morgan fingerprint density at radius 2 is 2.11 bits per heavy atom. The molecule has 0 aliphatic carbocycles. The first-order chi connectivity index (χ1) is 13.6. The summed E-state index contributed by atoms with van der Waals surface area (Å²) in [5, 5.41) is 16.2. The zero-order valence-electron chi connectivity index (χ0n) is 15.3. The number of Topliss-reactive ketones (excluding diaryl/α,β-unsaturated/α-hetero) is 1. The van der Waals surface area contributed by atoms with Gasteiger partial charge in [-0.1, -0.05) is 6.07 Å². The second-order valence-corrected chi connectivity index (χ2v) is 7.67. The largest absolute Gasteiger partial charge is 0.294 e. The highest BCUT2D eigenvalue weighted by molar-refractivity contribution is 7.09. The SMILES string of the molecule is Cc1csc(CC(=O)c2cc(-c3ccc4c(cnn4C)c3)cn3cnnc23)n1. The minimum Gasteiger partial charge on any atom is -0.294 e. The van der Waals surface area contributed by atoms with Gasteiger partial charge in [-0.25, -0.2) is 4.98 Å². The van der Waals surface area contributed by atoms with Crippen LogP contribution in [-0.4, -0.2) is 35.1 Å². The van der Waals surface area contributed by atoms with E-state index in [1.165, 1.54) is 11.3 Å². The molecule has 0 saturated carbocycles. The highest BCUT2D eigenvalue weighted by Crippen LogP contribution is 2.27. The molecule has 0 spiro atoms. The average molecular weight is 388 g/mol. The van der Waals surface area contributed by atoms with Crippen molar-refractivity contribution in [2.75, 3.05) is 0 Å². The Labute approximate surface area is 164 Å². The number of carbonyl (C=O) groups excluding carboxylic acids is 1. The molecule has 0 aliphatic rings. The fraction of sp³-hybridized carbons (Fsp3) is 0.150. The molecule has 0 fully saturated rings. The van der Waals surface area contributed by atoms with Gasteiger partial charge in [-0.15, -0.1) is 21.5 Å². The molecule has 4 aromatic heterocycles. The number of benzene rings is 1. The van der Waals surface area contributed by atoms with Gasteiger partial charge >= 0.3 is 0 Å². The number of carbonyl (C=O) groups is 1. The van der Waals surface area contributed by atoms with E-state index in [4.69, 9.17) is 0 Å². The Bertz CT molecular complexity index is 1350. The standard InChI is InChI=1S/C20H16N6OS/c1-12-10-28-19(23-12)7-18(27)16-6-15(9-26-11-21-24-20(16)26)13-3-4-17-14(5-13)8-22-25(17)2/h3-6,8-11H,7H2,1-2H3. The van der Waals surface area contributed by atoms with E-state index in [2.05, 4.69) is 26.3 Å². The molecule has 1 aromatic carbocycles. The molecular formula is C20H16N6OS. The number of aromatic nitrogens is 6. The number of rotatable bonds is 4. The average Bonchev–Trinajstić information content (AvgIpc) is 3.41. The number of fused-ring (bicyclic) bond motifs is 2. The number of nitrogens with zero attached hydrogens (tertiary/aromatic N) is 6. The van der Waals surface area contributed by atoms with E-state index in [1.807, 2.05) is 54.6 Å². The maximum atomic E-state index is 13.0. The van der Waals surface area contributed by atoms with Gasteiger partial charge in [-0.2, -0.15) is 5.10 Å². The molecule has 0 saturated heterocycles. The third-order valence-electron chi connectivity index (χ3n) is 4.75. The summed E-state index contributed by atoms with van der Waals surface area (Å²) in [7, 11) is 1.92. The fourth-order valence-corrected chi connectivity index (χ4v) is 4.13. The maximum Gasteiger partial charge on any atom is 0.173 e. The zero-order chi connectivity index (χ0) is 19.3. The molecule has 0 bridgehead atoms. The Kier molecular flexibility index (Phi) is 3.80. The Morgan fingerprint density at radius 3 is 2.93 bits per heavy atom. The summed E-state index contributed by atoms with van der Waals surface area (Å²) in [5.74, 6) is -0.0170. The van der Waals surface area contributed by atoms with Gasteiger partial charge in [-0.05, 0) is 36.2 Å². The van der Waals surface area contributed by atoms with Crippen LogP contribution in [0.25, 0.3) is 27.7 Å². The molecule has 0 aliphatic heterocycles. The van der Waals surface area contributed by atoms with Gasteiger partial charge in [0.05, 0.1) is 23.7 Å². The second kappa shape index (κ2) is 6.35. The van der Waals surface area contributed by atoms with Crippen molar-refractivity contribution in [2.45, 2.75) is 13.3 Å². The Balaban J connectivity index is 1.60. The number of pyridine rings is 1. The third kappa shape index (κ3) is 2.78. The Morgan fingerprint density at radius 1 is 1.21 bits per heavy atom. The van der Waals surface area contributed by atoms with Gasteiger partial charge in [0.1, 0.15) is 11.3 Å². The molecule has 5 aromatic rings. The number of thiazole rings is 1. The first kappa shape index (κ1) is 16.8. The normalized spacial score (nSPS) is 11.5. The Hall–Kier alpha value is -3.39. The van der Waals surface area contributed by atoms with Crippen LogP contribution in [-0.2, 0) is 13.5 Å². The van der Waals surface area contributed by atoms with E-state index in [0.717, 1.165) is 32.7 Å². The molecule has 0 unspecified atom stereocenters. The van der Waals surface area contributed by atoms with E-state index in [0.29, 0.717) is 11.2 Å². The zero-order valence-corrected chi connectivity index (χ0v) is 16.1. The predicted octanol–water partition coefficient (Wildman–Crippen LogP) is 3.47. The second-order valence-electron chi connectivity index (χ2n) is 6.73. The molecule has 28 heavy (non-hydrogen) atoms. The number of aryl methyl sites for hydroxylation is 2. The van der Waals surface area contributed by atoms with Crippen molar-refractivity contribution in [3.05, 3.63) is 64.6 Å². The van der Waals surface area contributed by atoms with Gasteiger partial charge in [0.2, 0.25) is 0 Å². The van der Waals surface area contributed by atoms with Crippen molar-refractivity contribution in [3.63, 3.8) is 0 Å². The van der Waals surface area contributed by atoms with E-state index >= 15 is 0 Å².